The van der Waals surface area contributed by atoms with Crippen molar-refractivity contribution in [2.45, 2.75) is 26.1 Å². The van der Waals surface area contributed by atoms with Crippen molar-refractivity contribution in [1.29, 1.82) is 0 Å². The lowest BCUT2D eigenvalue weighted by molar-refractivity contribution is -0.486. The van der Waals surface area contributed by atoms with Gasteiger partial charge < -0.3 is 14.9 Å². The molecule has 0 saturated carbocycles. The lowest BCUT2D eigenvalue weighted by Gasteiger charge is -2.26. The summed E-state index contributed by atoms with van der Waals surface area (Å²) in [6.45, 7) is 6.92. The van der Waals surface area contributed by atoms with Crippen molar-refractivity contribution in [1.82, 2.24) is 19.1 Å². The number of benzene rings is 6. The first-order chi connectivity index (χ1) is 35.4. The van der Waals surface area contributed by atoms with Crippen molar-refractivity contribution >= 4 is 63.3 Å². The summed E-state index contributed by atoms with van der Waals surface area (Å²) in [6.07, 6.45) is 12.1. The van der Waals surface area contributed by atoms with Crippen molar-refractivity contribution in [2.24, 2.45) is 5.73 Å². The Morgan fingerprint density at radius 2 is 1.04 bits per heavy atom. The van der Waals surface area contributed by atoms with Gasteiger partial charge in [0.25, 0.3) is 0 Å². The van der Waals surface area contributed by atoms with Crippen LogP contribution in [-0.2, 0) is 0 Å². The van der Waals surface area contributed by atoms with Crippen LogP contribution in [0.1, 0.15) is 46.9 Å². The fraction of sp³-hybridized carbons (Fsp3) is 0.0615. The number of hydrogen-bond donors (Lipinski definition) is 2. The quantitative estimate of drug-likeness (QED) is 0.100. The van der Waals surface area contributed by atoms with Gasteiger partial charge in [0.1, 0.15) is 13.8 Å². The van der Waals surface area contributed by atoms with E-state index in [2.05, 4.69) is 240 Å². The van der Waals surface area contributed by atoms with Crippen LogP contribution >= 0.6 is 0 Å². The van der Waals surface area contributed by atoms with E-state index < -0.39 is 8.07 Å². The molecule has 2 aliphatic heterocycles. The standard InChI is InChI=1S/C65H52N6Si/c1-4-5-25-52(66)53-26-16-28-56(68-53)64-62(46-33-37-50(38-34-46)70-58-31-14-12-23-48(58)42-60(70)44-19-8-6-9-20-44)63(65(72(64,2)3)57-29-17-27-55(69-57)54-30-18-41-67-54)47-35-39-51(40-36-47)71-59-32-15-13-24-49(59)43-61(71)45-21-10-7-11-22-45/h4-43,54H,66H2,1-3H3/p+1/b5-4-,52-25-. The number of nitrogens with zero attached hydrogens (tertiary/aromatic N) is 4. The van der Waals surface area contributed by atoms with E-state index in [1.165, 1.54) is 32.3 Å². The molecule has 6 nitrogen and oxygen atoms in total. The van der Waals surface area contributed by atoms with Crippen LogP contribution < -0.4 is 10.7 Å². The molecular formula is C65H53N6Si+. The molecule has 0 saturated heterocycles. The Kier molecular flexibility index (Phi) is 11.3. The lowest BCUT2D eigenvalue weighted by atomic mass is 9.90. The van der Waals surface area contributed by atoms with E-state index in [0.29, 0.717) is 5.70 Å². The summed E-state index contributed by atoms with van der Waals surface area (Å²) < 4.78 is 4.77. The molecule has 0 spiro atoms. The van der Waals surface area contributed by atoms with Crippen LogP contribution in [0.3, 0.4) is 0 Å². The molecule has 3 N–H and O–H groups in total. The first-order valence-corrected chi connectivity index (χ1v) is 27.7. The summed E-state index contributed by atoms with van der Waals surface area (Å²) in [6, 6.07) is 74.4. The molecular weight excluding hydrogens is 893 g/mol. The van der Waals surface area contributed by atoms with Gasteiger partial charge in [-0.2, -0.15) is 0 Å². The highest BCUT2D eigenvalue weighted by atomic mass is 28.3. The van der Waals surface area contributed by atoms with Crippen LogP contribution in [0.25, 0.3) is 82.9 Å². The Morgan fingerprint density at radius 3 is 1.56 bits per heavy atom. The molecule has 2 aliphatic rings. The van der Waals surface area contributed by atoms with Gasteiger partial charge in [0, 0.05) is 28.2 Å². The highest BCUT2D eigenvalue weighted by Gasteiger charge is 2.45. The highest BCUT2D eigenvalue weighted by molar-refractivity contribution is 7.13. The fourth-order valence-corrected chi connectivity index (χ4v) is 14.5. The van der Waals surface area contributed by atoms with Crippen molar-refractivity contribution in [2.75, 3.05) is 0 Å². The summed E-state index contributed by atoms with van der Waals surface area (Å²) in [5.74, 6) is 0. The number of allylic oxidation sites excluding steroid dienone is 6. The molecule has 346 valence electrons. The normalized spacial score (nSPS) is 15.5. The van der Waals surface area contributed by atoms with Crippen LogP contribution in [0.2, 0.25) is 13.1 Å². The SMILES string of the molecule is C/C=C\C=C(/N)c1cccc(C2=C(c3ccc(-n4c(-c5ccccc5)cc5ccccc54)cc3)C(c3ccc(-n4c(-c5ccccc5)cc5ccccc54)cc3)=C(c3cccc(C4C=CC=[NH+]4)n3)[Si]2(C)C)n1. The molecule has 72 heavy (non-hydrogen) atoms. The number of fused-ring (bicyclic) bond motifs is 2. The van der Waals surface area contributed by atoms with Gasteiger partial charge in [0.2, 0.25) is 6.04 Å². The van der Waals surface area contributed by atoms with E-state index in [4.69, 9.17) is 15.7 Å². The predicted molar refractivity (Wildman–Crippen MR) is 303 cm³/mol. The van der Waals surface area contributed by atoms with Gasteiger partial charge in [-0.15, -0.1) is 0 Å². The number of para-hydroxylation sites is 2. The molecule has 10 aromatic rings. The molecule has 0 amide bonds. The van der Waals surface area contributed by atoms with Gasteiger partial charge in [0.15, 0.2) is 6.21 Å². The molecule has 6 heterocycles. The summed E-state index contributed by atoms with van der Waals surface area (Å²) >= 11 is 0. The third kappa shape index (κ3) is 7.81. The largest absolute Gasteiger partial charge is 0.397 e. The van der Waals surface area contributed by atoms with E-state index in [-0.39, 0.29) is 6.04 Å². The Labute approximate surface area is 421 Å². The third-order valence-electron chi connectivity index (χ3n) is 14.2. The molecule has 0 aliphatic carbocycles. The van der Waals surface area contributed by atoms with E-state index >= 15 is 0 Å². The van der Waals surface area contributed by atoms with Crippen molar-refractivity contribution < 1.29 is 4.99 Å². The van der Waals surface area contributed by atoms with E-state index in [0.717, 1.165) is 78.8 Å². The van der Waals surface area contributed by atoms with Crippen LogP contribution in [0.5, 0.6) is 0 Å². The minimum Gasteiger partial charge on any atom is -0.397 e. The Bertz CT molecular complexity index is 3870. The van der Waals surface area contributed by atoms with Crippen molar-refractivity contribution in [3.8, 4) is 33.9 Å². The first kappa shape index (κ1) is 44.3. The predicted octanol–water partition coefficient (Wildman–Crippen LogP) is 13.7. The summed E-state index contributed by atoms with van der Waals surface area (Å²) in [5.41, 5.74) is 24.7. The highest BCUT2D eigenvalue weighted by Crippen LogP contribution is 2.55. The van der Waals surface area contributed by atoms with Crippen LogP contribution in [0, 0.1) is 0 Å². The molecule has 0 radical (unpaired) electrons. The molecule has 7 heteroatoms. The summed E-state index contributed by atoms with van der Waals surface area (Å²) in [5, 5.41) is 4.90. The first-order valence-electron chi connectivity index (χ1n) is 24.7. The average molecular weight is 946 g/mol. The number of hydrogen-bond acceptors (Lipinski definition) is 3. The van der Waals surface area contributed by atoms with Crippen LogP contribution in [-0.4, -0.2) is 33.4 Å². The second-order valence-electron chi connectivity index (χ2n) is 19.0. The van der Waals surface area contributed by atoms with Gasteiger partial charge in [-0.3, -0.25) is 0 Å². The number of pyridine rings is 2. The second-order valence-corrected chi connectivity index (χ2v) is 23.2. The minimum atomic E-state index is -2.73. The maximum absolute atomic E-state index is 6.77. The van der Waals surface area contributed by atoms with Gasteiger partial charge in [-0.1, -0.05) is 159 Å². The number of nitrogens with two attached hydrogens (primary N) is 1. The molecule has 0 fully saturated rings. The molecule has 6 aromatic carbocycles. The van der Waals surface area contributed by atoms with Crippen LogP contribution in [0.15, 0.2) is 237 Å². The monoisotopic (exact) mass is 945 g/mol. The Morgan fingerprint density at radius 1 is 0.542 bits per heavy atom. The average Bonchev–Trinajstić information content (AvgIpc) is 4.24. The van der Waals surface area contributed by atoms with Gasteiger partial charge in [-0.05, 0) is 136 Å². The lowest BCUT2D eigenvalue weighted by Crippen LogP contribution is -2.67. The maximum Gasteiger partial charge on any atom is 0.212 e. The van der Waals surface area contributed by atoms with Gasteiger partial charge in [0.05, 0.1) is 45.2 Å². The summed E-state index contributed by atoms with van der Waals surface area (Å²) in [7, 11) is -2.73. The fourth-order valence-electron chi connectivity index (χ4n) is 10.9. The Balaban J connectivity index is 1.10. The number of aromatic nitrogens is 4. The molecule has 1 unspecified atom stereocenters. The van der Waals surface area contributed by atoms with Crippen LogP contribution in [0.4, 0.5) is 0 Å². The minimum absolute atomic E-state index is 0.00932. The van der Waals surface area contributed by atoms with E-state index in [1.807, 2.05) is 37.4 Å². The topological polar surface area (TPSA) is 75.6 Å². The Hall–Kier alpha value is -8.91. The second kappa shape index (κ2) is 18.4. The zero-order chi connectivity index (χ0) is 48.8. The maximum atomic E-state index is 6.77. The van der Waals surface area contributed by atoms with E-state index in [9.17, 15) is 0 Å². The van der Waals surface area contributed by atoms with Gasteiger partial charge in [-0.25, -0.2) is 15.0 Å². The molecule has 1 atom stereocenters. The van der Waals surface area contributed by atoms with Gasteiger partial charge >= 0.3 is 0 Å². The van der Waals surface area contributed by atoms with Crippen molar-refractivity contribution in [3.63, 3.8) is 0 Å². The molecule has 4 aromatic heterocycles. The molecule has 0 bridgehead atoms. The third-order valence-corrected chi connectivity index (χ3v) is 17.7. The van der Waals surface area contributed by atoms with Crippen molar-refractivity contribution in [3.05, 3.63) is 271 Å². The smallest absolute Gasteiger partial charge is 0.212 e. The van der Waals surface area contributed by atoms with E-state index in [1.54, 1.807) is 0 Å². The number of nitrogens with one attached hydrogen (secondary N) is 1. The summed E-state index contributed by atoms with van der Waals surface area (Å²) in [4.78, 5) is 14.5. The zero-order valence-corrected chi connectivity index (χ0v) is 41.5. The zero-order valence-electron chi connectivity index (χ0n) is 40.5. The molecule has 12 rings (SSSR count). The number of rotatable bonds is 11.